The van der Waals surface area contributed by atoms with E-state index in [0.29, 0.717) is 11.8 Å². The number of aliphatic hydroxyl groups is 1. The molecule has 0 saturated carbocycles. The average Bonchev–Trinajstić information content (AvgIpc) is 2.68. The first-order chi connectivity index (χ1) is 13.0. The van der Waals surface area contributed by atoms with Crippen LogP contribution in [-0.2, 0) is 0 Å². The van der Waals surface area contributed by atoms with Crippen molar-refractivity contribution in [2.24, 2.45) is 5.92 Å². The smallest absolute Gasteiger partial charge is 0.225 e. The second kappa shape index (κ2) is 8.46. The maximum absolute atomic E-state index is 9.61. The molecule has 1 atom stereocenters. The van der Waals surface area contributed by atoms with E-state index in [1.807, 2.05) is 32.0 Å². The first-order valence-corrected chi connectivity index (χ1v) is 8.78. The lowest BCUT2D eigenvalue weighted by Crippen LogP contribution is -2.30. The molecule has 4 N–H and O–H groups in total. The predicted molar refractivity (Wildman–Crippen MR) is 106 cm³/mol. The third kappa shape index (κ3) is 4.92. The van der Waals surface area contributed by atoms with Gasteiger partial charge in [-0.2, -0.15) is 4.98 Å². The molecule has 0 amide bonds. The molecule has 3 rings (SSSR count). The van der Waals surface area contributed by atoms with E-state index in [1.54, 1.807) is 36.7 Å². The average molecular weight is 365 g/mol. The summed E-state index contributed by atoms with van der Waals surface area (Å²) in [4.78, 5) is 13.2. The Labute approximate surface area is 158 Å². The summed E-state index contributed by atoms with van der Waals surface area (Å²) in [6.07, 6.45) is 3.42. The summed E-state index contributed by atoms with van der Waals surface area (Å²) in [6.45, 7) is 4.04. The number of phenolic OH excluding ortho intramolecular Hbond substituents is 1. The number of aromatic nitrogens is 3. The fraction of sp³-hybridized carbons (Fsp3) is 0.250. The van der Waals surface area contributed by atoms with Crippen molar-refractivity contribution in [3.05, 3.63) is 54.9 Å². The van der Waals surface area contributed by atoms with Gasteiger partial charge in [0, 0.05) is 29.7 Å². The highest BCUT2D eigenvalue weighted by Gasteiger charge is 2.15. The zero-order valence-corrected chi connectivity index (χ0v) is 15.3. The van der Waals surface area contributed by atoms with Gasteiger partial charge in [-0.25, -0.2) is 4.98 Å². The summed E-state index contributed by atoms with van der Waals surface area (Å²) >= 11 is 0. The second-order valence-corrected chi connectivity index (χ2v) is 6.55. The number of phenols is 1. The Balaban J connectivity index is 1.96. The van der Waals surface area contributed by atoms with Gasteiger partial charge in [0.1, 0.15) is 11.6 Å². The van der Waals surface area contributed by atoms with E-state index in [-0.39, 0.29) is 24.3 Å². The van der Waals surface area contributed by atoms with Gasteiger partial charge in [-0.3, -0.25) is 4.98 Å². The van der Waals surface area contributed by atoms with Gasteiger partial charge >= 0.3 is 0 Å². The van der Waals surface area contributed by atoms with Crippen molar-refractivity contribution >= 4 is 17.5 Å². The number of aliphatic hydroxyl groups excluding tert-OH is 1. The van der Waals surface area contributed by atoms with Crippen molar-refractivity contribution in [3.63, 3.8) is 0 Å². The summed E-state index contributed by atoms with van der Waals surface area (Å²) in [7, 11) is 0. The maximum atomic E-state index is 9.61. The van der Waals surface area contributed by atoms with Crippen LogP contribution >= 0.6 is 0 Å². The second-order valence-electron chi connectivity index (χ2n) is 6.55. The minimum absolute atomic E-state index is 0.0127. The van der Waals surface area contributed by atoms with E-state index >= 15 is 0 Å². The summed E-state index contributed by atoms with van der Waals surface area (Å²) in [5.41, 5.74) is 2.44. The van der Waals surface area contributed by atoms with Gasteiger partial charge in [0.05, 0.1) is 18.3 Å². The Bertz CT molecular complexity index is 869. The molecule has 1 aromatic carbocycles. The first kappa shape index (κ1) is 18.6. The van der Waals surface area contributed by atoms with Crippen LogP contribution in [0.1, 0.15) is 13.8 Å². The van der Waals surface area contributed by atoms with Crippen LogP contribution in [-0.4, -0.2) is 37.8 Å². The van der Waals surface area contributed by atoms with Gasteiger partial charge in [-0.05, 0) is 42.3 Å². The number of rotatable bonds is 7. The number of benzene rings is 1. The third-order valence-electron chi connectivity index (χ3n) is 4.16. The van der Waals surface area contributed by atoms with Crippen LogP contribution < -0.4 is 10.6 Å². The maximum Gasteiger partial charge on any atom is 0.225 e. The van der Waals surface area contributed by atoms with Gasteiger partial charge in [0.2, 0.25) is 5.95 Å². The highest BCUT2D eigenvalue weighted by Crippen LogP contribution is 2.24. The molecule has 2 aromatic heterocycles. The van der Waals surface area contributed by atoms with Crippen LogP contribution in [0.3, 0.4) is 0 Å². The lowest BCUT2D eigenvalue weighted by atomic mass is 10.1. The molecule has 2 heterocycles. The molecule has 0 radical (unpaired) electrons. The zero-order valence-electron chi connectivity index (χ0n) is 15.3. The molecule has 7 nitrogen and oxygen atoms in total. The normalized spacial score (nSPS) is 12.0. The summed E-state index contributed by atoms with van der Waals surface area (Å²) < 4.78 is 0. The fourth-order valence-corrected chi connectivity index (χ4v) is 2.53. The lowest BCUT2D eigenvalue weighted by Gasteiger charge is -2.20. The Morgan fingerprint density at radius 3 is 2.33 bits per heavy atom. The van der Waals surface area contributed by atoms with Gasteiger partial charge in [0.15, 0.2) is 0 Å². The van der Waals surface area contributed by atoms with E-state index in [0.717, 1.165) is 16.9 Å². The van der Waals surface area contributed by atoms with E-state index in [9.17, 15) is 10.2 Å². The third-order valence-corrected chi connectivity index (χ3v) is 4.16. The molecule has 0 saturated heterocycles. The van der Waals surface area contributed by atoms with Crippen molar-refractivity contribution in [1.29, 1.82) is 0 Å². The minimum Gasteiger partial charge on any atom is -0.508 e. The number of nitrogens with zero attached hydrogens (tertiary/aromatic N) is 3. The molecule has 7 heteroatoms. The van der Waals surface area contributed by atoms with Crippen LogP contribution in [0.4, 0.5) is 17.5 Å². The Morgan fingerprint density at radius 1 is 1.00 bits per heavy atom. The predicted octanol–water partition coefficient (Wildman–Crippen LogP) is 3.42. The molecule has 0 aliphatic rings. The number of hydrogen-bond donors (Lipinski definition) is 4. The number of pyridine rings is 1. The summed E-state index contributed by atoms with van der Waals surface area (Å²) in [5.74, 6) is 1.45. The van der Waals surface area contributed by atoms with Crippen LogP contribution in [0, 0.1) is 5.92 Å². The van der Waals surface area contributed by atoms with Gasteiger partial charge in [-0.1, -0.05) is 13.8 Å². The molecular weight excluding hydrogens is 342 g/mol. The van der Waals surface area contributed by atoms with Gasteiger partial charge < -0.3 is 20.8 Å². The quantitative estimate of drug-likeness (QED) is 0.476. The lowest BCUT2D eigenvalue weighted by molar-refractivity contribution is 0.248. The fourth-order valence-electron chi connectivity index (χ4n) is 2.53. The summed E-state index contributed by atoms with van der Waals surface area (Å²) in [5, 5.41) is 25.5. The monoisotopic (exact) mass is 365 g/mol. The van der Waals surface area contributed by atoms with E-state index in [4.69, 9.17) is 0 Å². The minimum atomic E-state index is -0.154. The SMILES string of the molecule is CC(C)[C@@H](CO)Nc1nc(Nc2ccc(O)cc2)cc(-c2ccncc2)n1. The first-order valence-electron chi connectivity index (χ1n) is 8.78. The zero-order chi connectivity index (χ0) is 19.2. The van der Waals surface area contributed by atoms with Crippen molar-refractivity contribution < 1.29 is 10.2 Å². The largest absolute Gasteiger partial charge is 0.508 e. The molecule has 0 fully saturated rings. The molecule has 0 unspecified atom stereocenters. The standard InChI is InChI=1S/C20H23N5O2/c1-13(2)18(12-26)24-20-23-17(14-7-9-21-10-8-14)11-19(25-20)22-15-3-5-16(27)6-4-15/h3-11,13,18,26-27H,12H2,1-2H3,(H2,22,23,24,25)/t18-/m1/s1. The van der Waals surface area contributed by atoms with Gasteiger partial charge in [-0.15, -0.1) is 0 Å². The summed E-state index contributed by atoms with van der Waals surface area (Å²) in [6, 6.07) is 12.2. The Morgan fingerprint density at radius 2 is 1.70 bits per heavy atom. The van der Waals surface area contributed by atoms with Crippen LogP contribution in [0.2, 0.25) is 0 Å². The number of aromatic hydroxyl groups is 1. The van der Waals surface area contributed by atoms with E-state index < -0.39 is 0 Å². The molecular formula is C20H23N5O2. The topological polar surface area (TPSA) is 103 Å². The Hall–Kier alpha value is -3.19. The Kier molecular flexibility index (Phi) is 5.83. The van der Waals surface area contributed by atoms with Crippen LogP contribution in [0.25, 0.3) is 11.3 Å². The van der Waals surface area contributed by atoms with Crippen molar-refractivity contribution in [2.45, 2.75) is 19.9 Å². The molecule has 140 valence electrons. The number of anilines is 3. The number of hydrogen-bond acceptors (Lipinski definition) is 7. The molecule has 0 spiro atoms. The molecule has 3 aromatic rings. The number of nitrogens with one attached hydrogen (secondary N) is 2. The molecule has 0 aliphatic carbocycles. The molecule has 0 aliphatic heterocycles. The van der Waals surface area contributed by atoms with E-state index in [1.165, 1.54) is 0 Å². The molecule has 0 bridgehead atoms. The highest BCUT2D eigenvalue weighted by atomic mass is 16.3. The van der Waals surface area contributed by atoms with Gasteiger partial charge in [0.25, 0.3) is 0 Å². The van der Waals surface area contributed by atoms with Crippen molar-refractivity contribution in [3.8, 4) is 17.0 Å². The molecule has 27 heavy (non-hydrogen) atoms. The van der Waals surface area contributed by atoms with Crippen molar-refractivity contribution in [1.82, 2.24) is 15.0 Å². The van der Waals surface area contributed by atoms with Crippen molar-refractivity contribution in [2.75, 3.05) is 17.2 Å². The van der Waals surface area contributed by atoms with Crippen LogP contribution in [0.5, 0.6) is 5.75 Å². The highest BCUT2D eigenvalue weighted by molar-refractivity contribution is 5.67. The van der Waals surface area contributed by atoms with Crippen LogP contribution in [0.15, 0.2) is 54.9 Å². The van der Waals surface area contributed by atoms with E-state index in [2.05, 4.69) is 25.6 Å².